The van der Waals surface area contributed by atoms with E-state index in [1.165, 1.54) is 9.13 Å². The Labute approximate surface area is 85.5 Å². The van der Waals surface area contributed by atoms with Crippen molar-refractivity contribution in [3.05, 3.63) is 33.4 Å². The summed E-state index contributed by atoms with van der Waals surface area (Å²) in [5.41, 5.74) is 1.28. The molecule has 12 heavy (non-hydrogen) atoms. The van der Waals surface area contributed by atoms with E-state index in [4.69, 9.17) is 0 Å². The molecule has 1 aromatic carbocycles. The lowest BCUT2D eigenvalue weighted by Gasteiger charge is -2.02. The van der Waals surface area contributed by atoms with E-state index in [1.807, 2.05) is 12.1 Å². The number of nitrogens with one attached hydrogen (secondary N) is 1. The van der Waals surface area contributed by atoms with Gasteiger partial charge in [-0.05, 0) is 40.6 Å². The van der Waals surface area contributed by atoms with Crippen LogP contribution in [0.5, 0.6) is 0 Å². The van der Waals surface area contributed by atoms with Crippen molar-refractivity contribution < 1.29 is 4.79 Å². The maximum absolute atomic E-state index is 9.97. The van der Waals surface area contributed by atoms with E-state index in [0.29, 0.717) is 6.54 Å². The van der Waals surface area contributed by atoms with Gasteiger partial charge < -0.3 is 5.32 Å². The van der Waals surface area contributed by atoms with Crippen molar-refractivity contribution in [2.45, 2.75) is 6.42 Å². The highest BCUT2D eigenvalue weighted by atomic mass is 127. The molecular weight excluding hydrogens is 265 g/mol. The van der Waals surface area contributed by atoms with E-state index in [0.717, 1.165) is 12.8 Å². The molecule has 0 aliphatic heterocycles. The first-order chi connectivity index (χ1) is 5.84. The summed E-state index contributed by atoms with van der Waals surface area (Å²) in [6.07, 6.45) is 1.63. The molecule has 0 atom stereocenters. The second-order valence-electron chi connectivity index (χ2n) is 2.41. The summed E-state index contributed by atoms with van der Waals surface area (Å²) in [5, 5.41) is 2.64. The number of benzene rings is 1. The molecular formula is C9H10INO. The molecule has 0 saturated heterocycles. The lowest BCUT2D eigenvalue weighted by molar-refractivity contribution is -0.109. The first-order valence-corrected chi connectivity index (χ1v) is 4.83. The average molecular weight is 275 g/mol. The van der Waals surface area contributed by atoms with Crippen molar-refractivity contribution in [2.24, 2.45) is 0 Å². The van der Waals surface area contributed by atoms with Crippen LogP contribution in [-0.2, 0) is 11.2 Å². The van der Waals surface area contributed by atoms with E-state index < -0.39 is 0 Å². The van der Waals surface area contributed by atoms with Crippen LogP contribution in [-0.4, -0.2) is 13.0 Å². The lowest BCUT2D eigenvalue weighted by atomic mass is 10.1. The van der Waals surface area contributed by atoms with Gasteiger partial charge in [-0.15, -0.1) is 0 Å². The molecule has 1 N–H and O–H groups in total. The molecule has 1 amide bonds. The van der Waals surface area contributed by atoms with Crippen LogP contribution in [0.4, 0.5) is 0 Å². The number of hydrogen-bond donors (Lipinski definition) is 1. The van der Waals surface area contributed by atoms with Gasteiger partial charge in [0.25, 0.3) is 0 Å². The Bertz CT molecular complexity index is 262. The fourth-order valence-electron chi connectivity index (χ4n) is 0.967. The van der Waals surface area contributed by atoms with Crippen molar-refractivity contribution in [1.29, 1.82) is 0 Å². The summed E-state index contributed by atoms with van der Waals surface area (Å²) in [4.78, 5) is 9.97. The van der Waals surface area contributed by atoms with E-state index in [-0.39, 0.29) is 0 Å². The fourth-order valence-corrected chi connectivity index (χ4v) is 1.62. The van der Waals surface area contributed by atoms with Gasteiger partial charge in [0.1, 0.15) is 0 Å². The summed E-state index contributed by atoms with van der Waals surface area (Å²) in [7, 11) is 0. The predicted molar refractivity (Wildman–Crippen MR) is 56.9 cm³/mol. The molecule has 0 aliphatic rings. The maximum atomic E-state index is 9.97. The van der Waals surface area contributed by atoms with Crippen molar-refractivity contribution in [3.8, 4) is 0 Å². The van der Waals surface area contributed by atoms with Crippen LogP contribution in [0.25, 0.3) is 0 Å². The molecule has 0 spiro atoms. The smallest absolute Gasteiger partial charge is 0.207 e. The first-order valence-electron chi connectivity index (χ1n) is 3.75. The van der Waals surface area contributed by atoms with Gasteiger partial charge in [0.2, 0.25) is 6.41 Å². The molecule has 1 aromatic rings. The van der Waals surface area contributed by atoms with Crippen LogP contribution in [0.15, 0.2) is 24.3 Å². The van der Waals surface area contributed by atoms with E-state index in [2.05, 4.69) is 40.0 Å². The zero-order valence-electron chi connectivity index (χ0n) is 6.59. The standard InChI is InChI=1S/C9H10INO/c10-9-4-2-1-3-8(9)5-6-11-7-12/h1-4,7H,5-6H2,(H,11,12). The molecule has 64 valence electrons. The zero-order valence-corrected chi connectivity index (χ0v) is 8.74. The van der Waals surface area contributed by atoms with Crippen LogP contribution < -0.4 is 5.32 Å². The van der Waals surface area contributed by atoms with Gasteiger partial charge in [-0.1, -0.05) is 18.2 Å². The molecule has 1 rings (SSSR count). The predicted octanol–water partition coefficient (Wildman–Crippen LogP) is 1.58. The highest BCUT2D eigenvalue weighted by molar-refractivity contribution is 14.1. The first kappa shape index (κ1) is 9.51. The number of carbonyl (C=O) groups is 1. The molecule has 0 unspecified atom stereocenters. The molecule has 0 aromatic heterocycles. The molecule has 0 fully saturated rings. The van der Waals surface area contributed by atoms with Crippen LogP contribution >= 0.6 is 22.6 Å². The van der Waals surface area contributed by atoms with E-state index in [1.54, 1.807) is 0 Å². The van der Waals surface area contributed by atoms with Crippen molar-refractivity contribution in [3.63, 3.8) is 0 Å². The van der Waals surface area contributed by atoms with Crippen molar-refractivity contribution >= 4 is 29.0 Å². The van der Waals surface area contributed by atoms with Gasteiger partial charge >= 0.3 is 0 Å². The van der Waals surface area contributed by atoms with Crippen molar-refractivity contribution in [1.82, 2.24) is 5.32 Å². The Morgan fingerprint density at radius 3 is 2.83 bits per heavy atom. The normalized spacial score (nSPS) is 9.42. The minimum atomic E-state index is 0.712. The number of halogens is 1. The zero-order chi connectivity index (χ0) is 8.81. The third-order valence-corrected chi connectivity index (χ3v) is 2.63. The molecule has 0 heterocycles. The number of hydrogen-bond acceptors (Lipinski definition) is 1. The molecule has 0 bridgehead atoms. The maximum Gasteiger partial charge on any atom is 0.207 e. The Hall–Kier alpha value is -0.580. The van der Waals surface area contributed by atoms with Crippen LogP contribution in [0.3, 0.4) is 0 Å². The average Bonchev–Trinajstić information content (AvgIpc) is 2.09. The van der Waals surface area contributed by atoms with Crippen LogP contribution in [0.2, 0.25) is 0 Å². The highest BCUT2D eigenvalue weighted by Crippen LogP contribution is 2.11. The quantitative estimate of drug-likeness (QED) is 0.504. The summed E-state index contributed by atoms with van der Waals surface area (Å²) in [6, 6.07) is 8.17. The molecule has 2 nitrogen and oxygen atoms in total. The number of carbonyl (C=O) groups excluding carboxylic acids is 1. The summed E-state index contributed by atoms with van der Waals surface area (Å²) in [6.45, 7) is 0.712. The summed E-state index contributed by atoms with van der Waals surface area (Å²) < 4.78 is 1.25. The SMILES string of the molecule is O=CNCCc1ccccc1I. The Kier molecular flexibility index (Phi) is 4.07. The highest BCUT2D eigenvalue weighted by Gasteiger charge is 1.96. The monoisotopic (exact) mass is 275 g/mol. The third kappa shape index (κ3) is 2.81. The Morgan fingerprint density at radius 1 is 1.42 bits per heavy atom. The molecule has 3 heteroatoms. The summed E-state index contributed by atoms with van der Waals surface area (Å²) in [5.74, 6) is 0. The van der Waals surface area contributed by atoms with Crippen LogP contribution in [0, 0.1) is 3.57 Å². The number of rotatable bonds is 4. The van der Waals surface area contributed by atoms with Gasteiger partial charge in [0, 0.05) is 10.1 Å². The Morgan fingerprint density at radius 2 is 2.17 bits per heavy atom. The van der Waals surface area contributed by atoms with Gasteiger partial charge in [-0.3, -0.25) is 4.79 Å². The minimum Gasteiger partial charge on any atom is -0.358 e. The number of amides is 1. The molecule has 0 saturated carbocycles. The van der Waals surface area contributed by atoms with Gasteiger partial charge in [-0.2, -0.15) is 0 Å². The molecule has 0 aliphatic carbocycles. The Balaban J connectivity index is 2.51. The van der Waals surface area contributed by atoms with E-state index >= 15 is 0 Å². The minimum absolute atomic E-state index is 0.712. The third-order valence-electron chi connectivity index (χ3n) is 1.58. The van der Waals surface area contributed by atoms with E-state index in [9.17, 15) is 4.79 Å². The van der Waals surface area contributed by atoms with Crippen molar-refractivity contribution in [2.75, 3.05) is 6.54 Å². The largest absolute Gasteiger partial charge is 0.358 e. The molecule has 0 radical (unpaired) electrons. The fraction of sp³-hybridized carbons (Fsp3) is 0.222. The second-order valence-corrected chi connectivity index (χ2v) is 3.58. The van der Waals surface area contributed by atoms with Crippen LogP contribution in [0.1, 0.15) is 5.56 Å². The van der Waals surface area contributed by atoms with Gasteiger partial charge in [0.05, 0.1) is 0 Å². The van der Waals surface area contributed by atoms with Gasteiger partial charge in [0.15, 0.2) is 0 Å². The second kappa shape index (κ2) is 5.13. The van der Waals surface area contributed by atoms with Gasteiger partial charge in [-0.25, -0.2) is 0 Å². The topological polar surface area (TPSA) is 29.1 Å². The summed E-state index contributed by atoms with van der Waals surface area (Å²) >= 11 is 2.30. The lowest BCUT2D eigenvalue weighted by Crippen LogP contribution is -2.14.